The fourth-order valence-electron chi connectivity index (χ4n) is 1.72. The highest BCUT2D eigenvalue weighted by Crippen LogP contribution is 2.09. The second-order valence-electron chi connectivity index (χ2n) is 4.23. The van der Waals surface area contributed by atoms with Crippen LogP contribution in [0.3, 0.4) is 0 Å². The van der Waals surface area contributed by atoms with E-state index in [2.05, 4.69) is 20.6 Å². The minimum atomic E-state index is 0.525. The number of hydrogen-bond acceptors (Lipinski definition) is 5. The molecule has 3 aromatic heterocycles. The molecule has 3 rings (SSSR count). The van der Waals surface area contributed by atoms with Crippen molar-refractivity contribution in [2.75, 3.05) is 5.32 Å². The van der Waals surface area contributed by atoms with Crippen molar-refractivity contribution in [2.45, 2.75) is 20.4 Å². The lowest BCUT2D eigenvalue weighted by Crippen LogP contribution is -2.00. The van der Waals surface area contributed by atoms with Crippen LogP contribution < -0.4 is 5.32 Å². The summed E-state index contributed by atoms with van der Waals surface area (Å²) < 4.78 is 6.84. The highest BCUT2D eigenvalue weighted by molar-refractivity contribution is 5.45. The van der Waals surface area contributed by atoms with Gasteiger partial charge in [0.25, 0.3) is 0 Å². The van der Waals surface area contributed by atoms with E-state index in [-0.39, 0.29) is 0 Å². The number of nitrogens with one attached hydrogen (secondary N) is 1. The van der Waals surface area contributed by atoms with Crippen LogP contribution in [0.25, 0.3) is 5.65 Å². The van der Waals surface area contributed by atoms with E-state index >= 15 is 0 Å². The van der Waals surface area contributed by atoms with E-state index in [0.29, 0.717) is 12.5 Å². The molecule has 0 bridgehead atoms. The summed E-state index contributed by atoms with van der Waals surface area (Å²) >= 11 is 0. The fraction of sp³-hybridized carbons (Fsp3) is 0.250. The van der Waals surface area contributed by atoms with Gasteiger partial charge in [-0.2, -0.15) is 4.98 Å². The molecule has 6 nitrogen and oxygen atoms in total. The summed E-state index contributed by atoms with van der Waals surface area (Å²) in [6.07, 6.45) is 1.89. The lowest BCUT2D eigenvalue weighted by Gasteiger charge is -1.95. The van der Waals surface area contributed by atoms with Crippen molar-refractivity contribution >= 4 is 11.6 Å². The number of hydrogen-bond donors (Lipinski definition) is 1. The standard InChI is InChI=1S/C12H13N5O/c1-8-3-4-17-11(5-8)14-12(15-17)13-7-10-6-9(2)16-18-10/h3-6H,7H2,1-2H3,(H,13,15). The maximum absolute atomic E-state index is 5.10. The molecular weight excluding hydrogens is 230 g/mol. The molecule has 0 amide bonds. The Morgan fingerprint density at radius 3 is 3.00 bits per heavy atom. The Morgan fingerprint density at radius 2 is 2.22 bits per heavy atom. The van der Waals surface area contributed by atoms with Crippen molar-refractivity contribution in [3.05, 3.63) is 41.4 Å². The molecule has 0 aliphatic rings. The zero-order chi connectivity index (χ0) is 12.5. The van der Waals surface area contributed by atoms with Crippen LogP contribution in [0.5, 0.6) is 0 Å². The molecule has 0 saturated heterocycles. The number of anilines is 1. The Kier molecular flexibility index (Phi) is 2.47. The van der Waals surface area contributed by atoms with Gasteiger partial charge in [0.15, 0.2) is 11.4 Å². The van der Waals surface area contributed by atoms with Crippen molar-refractivity contribution in [2.24, 2.45) is 0 Å². The van der Waals surface area contributed by atoms with Gasteiger partial charge in [0.2, 0.25) is 5.95 Å². The van der Waals surface area contributed by atoms with Gasteiger partial charge in [-0.3, -0.25) is 0 Å². The summed E-state index contributed by atoms with van der Waals surface area (Å²) in [5, 5.41) is 11.2. The molecule has 0 aliphatic carbocycles. The van der Waals surface area contributed by atoms with E-state index in [4.69, 9.17) is 4.52 Å². The number of aryl methyl sites for hydroxylation is 2. The Morgan fingerprint density at radius 1 is 1.33 bits per heavy atom. The van der Waals surface area contributed by atoms with E-state index in [0.717, 1.165) is 22.7 Å². The number of nitrogens with zero attached hydrogens (tertiary/aromatic N) is 4. The number of pyridine rings is 1. The molecule has 0 radical (unpaired) electrons. The highest BCUT2D eigenvalue weighted by atomic mass is 16.5. The molecule has 0 saturated carbocycles. The van der Waals surface area contributed by atoms with Crippen molar-refractivity contribution in [3.8, 4) is 0 Å². The smallest absolute Gasteiger partial charge is 0.243 e. The molecule has 92 valence electrons. The molecule has 0 aromatic carbocycles. The maximum Gasteiger partial charge on any atom is 0.243 e. The number of rotatable bonds is 3. The van der Waals surface area contributed by atoms with Gasteiger partial charge >= 0.3 is 0 Å². The Labute approximate surface area is 104 Å². The summed E-state index contributed by atoms with van der Waals surface area (Å²) in [5.41, 5.74) is 2.85. The zero-order valence-corrected chi connectivity index (χ0v) is 10.2. The molecule has 3 aromatic rings. The second-order valence-corrected chi connectivity index (χ2v) is 4.23. The van der Waals surface area contributed by atoms with Gasteiger partial charge in [-0.05, 0) is 31.5 Å². The largest absolute Gasteiger partial charge is 0.359 e. The van der Waals surface area contributed by atoms with Crippen LogP contribution in [0.4, 0.5) is 5.95 Å². The van der Waals surface area contributed by atoms with Crippen molar-refractivity contribution in [3.63, 3.8) is 0 Å². The van der Waals surface area contributed by atoms with E-state index in [1.54, 1.807) is 4.52 Å². The first-order valence-corrected chi connectivity index (χ1v) is 5.70. The maximum atomic E-state index is 5.10. The van der Waals surface area contributed by atoms with Crippen LogP contribution in [-0.2, 0) is 6.54 Å². The lowest BCUT2D eigenvalue weighted by atomic mass is 10.3. The first kappa shape index (κ1) is 10.8. The van der Waals surface area contributed by atoms with Gasteiger partial charge in [-0.1, -0.05) is 5.16 Å². The fourth-order valence-corrected chi connectivity index (χ4v) is 1.72. The minimum Gasteiger partial charge on any atom is -0.359 e. The first-order chi connectivity index (χ1) is 8.70. The van der Waals surface area contributed by atoms with Crippen molar-refractivity contribution in [1.29, 1.82) is 0 Å². The molecule has 0 fully saturated rings. The highest BCUT2D eigenvalue weighted by Gasteiger charge is 2.05. The lowest BCUT2D eigenvalue weighted by molar-refractivity contribution is 0.384. The van der Waals surface area contributed by atoms with Crippen LogP contribution in [-0.4, -0.2) is 19.8 Å². The molecule has 0 spiro atoms. The van der Waals surface area contributed by atoms with Crippen LogP contribution in [0.1, 0.15) is 17.0 Å². The molecule has 3 heterocycles. The molecule has 0 aliphatic heterocycles. The Bertz CT molecular complexity index is 685. The predicted octanol–water partition coefficient (Wildman–Crippen LogP) is 1.95. The van der Waals surface area contributed by atoms with Crippen molar-refractivity contribution < 1.29 is 4.52 Å². The third-order valence-corrected chi connectivity index (χ3v) is 2.59. The van der Waals surface area contributed by atoms with E-state index in [9.17, 15) is 0 Å². The average molecular weight is 243 g/mol. The van der Waals surface area contributed by atoms with E-state index < -0.39 is 0 Å². The minimum absolute atomic E-state index is 0.525. The van der Waals surface area contributed by atoms with Gasteiger partial charge in [0.1, 0.15) is 0 Å². The molecular formula is C12H13N5O. The monoisotopic (exact) mass is 243 g/mol. The van der Waals surface area contributed by atoms with Gasteiger partial charge in [-0.15, -0.1) is 5.10 Å². The SMILES string of the molecule is Cc1ccn2nc(NCc3cc(C)no3)nc2c1. The third kappa shape index (κ3) is 2.04. The summed E-state index contributed by atoms with van der Waals surface area (Å²) in [5.74, 6) is 1.34. The summed E-state index contributed by atoms with van der Waals surface area (Å²) in [6, 6.07) is 5.86. The van der Waals surface area contributed by atoms with Crippen LogP contribution in [0.15, 0.2) is 28.9 Å². The molecule has 18 heavy (non-hydrogen) atoms. The van der Waals surface area contributed by atoms with Gasteiger partial charge in [-0.25, -0.2) is 4.52 Å². The van der Waals surface area contributed by atoms with Gasteiger partial charge in [0.05, 0.1) is 12.2 Å². The topological polar surface area (TPSA) is 68.2 Å². The van der Waals surface area contributed by atoms with Crippen LogP contribution >= 0.6 is 0 Å². The van der Waals surface area contributed by atoms with Crippen LogP contribution in [0.2, 0.25) is 0 Å². The second kappa shape index (κ2) is 4.14. The third-order valence-electron chi connectivity index (χ3n) is 2.59. The summed E-state index contributed by atoms with van der Waals surface area (Å²) in [7, 11) is 0. The number of fused-ring (bicyclic) bond motifs is 1. The summed E-state index contributed by atoms with van der Waals surface area (Å²) in [6.45, 7) is 4.44. The Balaban J connectivity index is 1.78. The predicted molar refractivity (Wildman–Crippen MR) is 66.3 cm³/mol. The zero-order valence-electron chi connectivity index (χ0n) is 10.2. The average Bonchev–Trinajstić information content (AvgIpc) is 2.92. The van der Waals surface area contributed by atoms with E-state index in [1.165, 1.54) is 0 Å². The van der Waals surface area contributed by atoms with E-state index in [1.807, 2.05) is 38.2 Å². The molecule has 0 atom stereocenters. The summed E-state index contributed by atoms with van der Waals surface area (Å²) in [4.78, 5) is 4.37. The van der Waals surface area contributed by atoms with Gasteiger partial charge < -0.3 is 9.84 Å². The molecule has 1 N–H and O–H groups in total. The molecule has 0 unspecified atom stereocenters. The normalized spacial score (nSPS) is 11.0. The number of aromatic nitrogens is 4. The van der Waals surface area contributed by atoms with Crippen LogP contribution in [0, 0.1) is 13.8 Å². The first-order valence-electron chi connectivity index (χ1n) is 5.70. The van der Waals surface area contributed by atoms with Gasteiger partial charge in [0, 0.05) is 12.3 Å². The molecule has 6 heteroatoms. The quantitative estimate of drug-likeness (QED) is 0.761. The van der Waals surface area contributed by atoms with Crippen molar-refractivity contribution in [1.82, 2.24) is 19.8 Å². The Hall–Kier alpha value is -2.37.